The molecule has 0 bridgehead atoms. The number of halogens is 1. The molecular weight excluding hydrogens is 283 g/mol. The van der Waals surface area contributed by atoms with Crippen LogP contribution >= 0.6 is 0 Å². The average molecular weight is 300 g/mol. The minimum Gasteiger partial charge on any atom is -0.342 e. The summed E-state index contributed by atoms with van der Waals surface area (Å²) in [6, 6.07) is 12.9. The van der Waals surface area contributed by atoms with Gasteiger partial charge in [0.1, 0.15) is 5.82 Å². The predicted molar refractivity (Wildman–Crippen MR) is 82.9 cm³/mol. The summed E-state index contributed by atoms with van der Waals surface area (Å²) in [4.78, 5) is 25.0. The smallest absolute Gasteiger partial charge is 0.258 e. The molecule has 0 aromatic heterocycles. The minimum absolute atomic E-state index is 0.0165. The lowest BCUT2D eigenvalue weighted by Gasteiger charge is -2.18. The van der Waals surface area contributed by atoms with Gasteiger partial charge in [-0.2, -0.15) is 0 Å². The number of carbonyl (C=O) groups is 2. The van der Waals surface area contributed by atoms with E-state index in [4.69, 9.17) is 0 Å². The van der Waals surface area contributed by atoms with E-state index in [-0.39, 0.29) is 11.5 Å². The molecule has 2 rings (SSSR count). The summed E-state index contributed by atoms with van der Waals surface area (Å²) in [5, 5.41) is 2.70. The zero-order valence-electron chi connectivity index (χ0n) is 12.5. The van der Waals surface area contributed by atoms with Crippen molar-refractivity contribution in [3.63, 3.8) is 0 Å². The van der Waals surface area contributed by atoms with Gasteiger partial charge in [0.05, 0.1) is 5.56 Å². The van der Waals surface area contributed by atoms with Crippen LogP contribution in [0.3, 0.4) is 0 Å². The highest BCUT2D eigenvalue weighted by molar-refractivity contribution is 6.04. The topological polar surface area (TPSA) is 49.4 Å². The Hall–Kier alpha value is -2.69. The molecule has 0 aliphatic heterocycles. The molecule has 0 aliphatic rings. The van der Waals surface area contributed by atoms with E-state index in [1.54, 1.807) is 25.2 Å². The van der Waals surface area contributed by atoms with Gasteiger partial charge in [-0.15, -0.1) is 0 Å². The molecule has 0 radical (unpaired) electrons. The van der Waals surface area contributed by atoms with Crippen molar-refractivity contribution in [2.75, 3.05) is 12.4 Å². The first-order valence-corrected chi connectivity index (χ1v) is 6.84. The van der Waals surface area contributed by atoms with E-state index in [2.05, 4.69) is 5.32 Å². The SMILES string of the molecule is CC(=O)N(C)Cc1ccccc1NC(=O)c1ccccc1F. The summed E-state index contributed by atoms with van der Waals surface area (Å²) in [7, 11) is 1.68. The van der Waals surface area contributed by atoms with E-state index in [1.165, 1.54) is 30.0 Å². The molecular formula is C17H17FN2O2. The lowest BCUT2D eigenvalue weighted by Crippen LogP contribution is -2.24. The summed E-state index contributed by atoms with van der Waals surface area (Å²) in [5.41, 5.74) is 1.32. The van der Waals surface area contributed by atoms with Crippen molar-refractivity contribution in [2.24, 2.45) is 0 Å². The summed E-state index contributed by atoms with van der Waals surface area (Å²) >= 11 is 0. The molecule has 22 heavy (non-hydrogen) atoms. The first kappa shape index (κ1) is 15.7. The van der Waals surface area contributed by atoms with Crippen LogP contribution in [0, 0.1) is 5.82 Å². The van der Waals surface area contributed by atoms with Gasteiger partial charge in [0.15, 0.2) is 0 Å². The molecule has 0 spiro atoms. The largest absolute Gasteiger partial charge is 0.342 e. The Morgan fingerprint density at radius 1 is 1.09 bits per heavy atom. The Bertz CT molecular complexity index is 701. The Kier molecular flexibility index (Phi) is 4.88. The lowest BCUT2D eigenvalue weighted by molar-refractivity contribution is -0.128. The number of carbonyl (C=O) groups excluding carboxylic acids is 2. The average Bonchev–Trinajstić information content (AvgIpc) is 2.49. The highest BCUT2D eigenvalue weighted by atomic mass is 19.1. The molecule has 0 heterocycles. The Balaban J connectivity index is 2.21. The zero-order valence-corrected chi connectivity index (χ0v) is 12.5. The molecule has 2 aromatic carbocycles. The van der Waals surface area contributed by atoms with Gasteiger partial charge in [0, 0.05) is 26.2 Å². The van der Waals surface area contributed by atoms with E-state index in [9.17, 15) is 14.0 Å². The number of rotatable bonds is 4. The molecule has 114 valence electrons. The first-order chi connectivity index (χ1) is 10.5. The Morgan fingerprint density at radius 3 is 2.41 bits per heavy atom. The van der Waals surface area contributed by atoms with E-state index in [1.807, 2.05) is 12.1 Å². The van der Waals surface area contributed by atoms with Crippen molar-refractivity contribution >= 4 is 17.5 Å². The molecule has 5 heteroatoms. The van der Waals surface area contributed by atoms with Gasteiger partial charge in [-0.25, -0.2) is 4.39 Å². The second-order valence-corrected chi connectivity index (χ2v) is 4.97. The molecule has 1 N–H and O–H groups in total. The number of amides is 2. The van der Waals surface area contributed by atoms with E-state index < -0.39 is 11.7 Å². The molecule has 0 unspecified atom stereocenters. The fourth-order valence-corrected chi connectivity index (χ4v) is 1.98. The number of benzene rings is 2. The van der Waals surface area contributed by atoms with Crippen molar-refractivity contribution in [1.29, 1.82) is 0 Å². The zero-order chi connectivity index (χ0) is 16.1. The molecule has 0 saturated heterocycles. The molecule has 2 aromatic rings. The third-order valence-corrected chi connectivity index (χ3v) is 3.33. The fourth-order valence-electron chi connectivity index (χ4n) is 1.98. The summed E-state index contributed by atoms with van der Waals surface area (Å²) in [6.07, 6.45) is 0. The van der Waals surface area contributed by atoms with Crippen LogP contribution in [0.1, 0.15) is 22.8 Å². The number of nitrogens with zero attached hydrogens (tertiary/aromatic N) is 1. The Labute approximate surface area is 128 Å². The number of anilines is 1. The van der Waals surface area contributed by atoms with Gasteiger partial charge in [0.25, 0.3) is 5.91 Å². The molecule has 2 amide bonds. The van der Waals surface area contributed by atoms with Crippen LogP contribution in [0.15, 0.2) is 48.5 Å². The second-order valence-electron chi connectivity index (χ2n) is 4.97. The summed E-state index contributed by atoms with van der Waals surface area (Å²) < 4.78 is 13.6. The van der Waals surface area contributed by atoms with Crippen LogP contribution in [-0.4, -0.2) is 23.8 Å². The van der Waals surface area contributed by atoms with Crippen molar-refractivity contribution < 1.29 is 14.0 Å². The van der Waals surface area contributed by atoms with E-state index in [0.29, 0.717) is 12.2 Å². The van der Waals surface area contributed by atoms with E-state index in [0.717, 1.165) is 5.56 Å². The van der Waals surface area contributed by atoms with Crippen LogP contribution in [0.2, 0.25) is 0 Å². The minimum atomic E-state index is -0.571. The van der Waals surface area contributed by atoms with Gasteiger partial charge in [-0.05, 0) is 23.8 Å². The summed E-state index contributed by atoms with van der Waals surface area (Å²) in [5.74, 6) is -1.16. The first-order valence-electron chi connectivity index (χ1n) is 6.84. The maximum absolute atomic E-state index is 13.6. The Morgan fingerprint density at radius 2 is 1.73 bits per heavy atom. The maximum atomic E-state index is 13.6. The van der Waals surface area contributed by atoms with Gasteiger partial charge in [-0.1, -0.05) is 30.3 Å². The fraction of sp³-hybridized carbons (Fsp3) is 0.176. The lowest BCUT2D eigenvalue weighted by atomic mass is 10.1. The van der Waals surface area contributed by atoms with Crippen molar-refractivity contribution in [1.82, 2.24) is 4.90 Å². The molecule has 0 aliphatic carbocycles. The third kappa shape index (κ3) is 3.69. The predicted octanol–water partition coefficient (Wildman–Crippen LogP) is 3.06. The molecule has 0 atom stereocenters. The van der Waals surface area contributed by atoms with Crippen LogP contribution < -0.4 is 5.32 Å². The molecule has 0 saturated carbocycles. The van der Waals surface area contributed by atoms with Gasteiger partial charge < -0.3 is 10.2 Å². The molecule has 4 nitrogen and oxygen atoms in total. The van der Waals surface area contributed by atoms with Gasteiger partial charge in [-0.3, -0.25) is 9.59 Å². The van der Waals surface area contributed by atoms with E-state index >= 15 is 0 Å². The number of nitrogens with one attached hydrogen (secondary N) is 1. The van der Waals surface area contributed by atoms with Crippen molar-refractivity contribution in [3.05, 3.63) is 65.5 Å². The molecule has 0 fully saturated rings. The number of hydrogen-bond acceptors (Lipinski definition) is 2. The summed E-state index contributed by atoms with van der Waals surface area (Å²) in [6.45, 7) is 1.84. The normalized spacial score (nSPS) is 10.1. The van der Waals surface area contributed by atoms with Crippen molar-refractivity contribution in [3.8, 4) is 0 Å². The van der Waals surface area contributed by atoms with Crippen LogP contribution in [0.25, 0.3) is 0 Å². The van der Waals surface area contributed by atoms with Crippen molar-refractivity contribution in [2.45, 2.75) is 13.5 Å². The van der Waals surface area contributed by atoms with Crippen LogP contribution in [0.4, 0.5) is 10.1 Å². The van der Waals surface area contributed by atoms with Gasteiger partial charge in [0.2, 0.25) is 5.91 Å². The standard InChI is InChI=1S/C17H17FN2O2/c1-12(21)20(2)11-13-7-3-6-10-16(13)19-17(22)14-8-4-5-9-15(14)18/h3-10H,11H2,1-2H3,(H,19,22). The third-order valence-electron chi connectivity index (χ3n) is 3.33. The highest BCUT2D eigenvalue weighted by Gasteiger charge is 2.13. The van der Waals surface area contributed by atoms with Gasteiger partial charge >= 0.3 is 0 Å². The monoisotopic (exact) mass is 300 g/mol. The van der Waals surface area contributed by atoms with Crippen LogP contribution in [0.5, 0.6) is 0 Å². The number of hydrogen-bond donors (Lipinski definition) is 1. The van der Waals surface area contributed by atoms with Crippen LogP contribution in [-0.2, 0) is 11.3 Å². The quantitative estimate of drug-likeness (QED) is 0.943. The number of para-hydroxylation sites is 1. The second kappa shape index (κ2) is 6.85. The highest BCUT2D eigenvalue weighted by Crippen LogP contribution is 2.18. The maximum Gasteiger partial charge on any atom is 0.258 e.